The Hall–Kier alpha value is -2.10. The van der Waals surface area contributed by atoms with Crippen molar-refractivity contribution in [3.8, 4) is 6.07 Å². The predicted octanol–water partition coefficient (Wildman–Crippen LogP) is 2.46. The van der Waals surface area contributed by atoms with Gasteiger partial charge in [0.2, 0.25) is 0 Å². The van der Waals surface area contributed by atoms with Crippen LogP contribution in [0.15, 0.2) is 29.8 Å². The van der Waals surface area contributed by atoms with Crippen molar-refractivity contribution in [3.05, 3.63) is 35.4 Å². The van der Waals surface area contributed by atoms with Crippen LogP contribution < -0.4 is 5.46 Å². The van der Waals surface area contributed by atoms with Crippen molar-refractivity contribution in [3.63, 3.8) is 0 Å². The van der Waals surface area contributed by atoms with Crippen LogP contribution in [0.25, 0.3) is 6.08 Å². The lowest BCUT2D eigenvalue weighted by Gasteiger charge is -2.32. The molecular weight excluding hydrogens is 305 g/mol. The first-order valence-corrected chi connectivity index (χ1v) is 7.94. The van der Waals surface area contributed by atoms with E-state index >= 15 is 0 Å². The van der Waals surface area contributed by atoms with Gasteiger partial charge in [-0.1, -0.05) is 24.3 Å². The number of rotatable bonds is 4. The highest BCUT2D eigenvalue weighted by Gasteiger charge is 2.51. The second-order valence-electron chi connectivity index (χ2n) is 6.65. The van der Waals surface area contributed by atoms with E-state index in [9.17, 15) is 4.79 Å². The van der Waals surface area contributed by atoms with Crippen LogP contribution in [0.1, 0.15) is 40.2 Å². The molecule has 1 aromatic rings. The van der Waals surface area contributed by atoms with E-state index in [1.165, 1.54) is 6.08 Å². The van der Waals surface area contributed by atoms with Crippen molar-refractivity contribution in [2.75, 3.05) is 6.61 Å². The van der Waals surface area contributed by atoms with Gasteiger partial charge in [-0.2, -0.15) is 5.26 Å². The van der Waals surface area contributed by atoms with E-state index in [0.29, 0.717) is 0 Å². The average Bonchev–Trinajstić information content (AvgIpc) is 2.74. The van der Waals surface area contributed by atoms with Gasteiger partial charge in [-0.15, -0.1) is 0 Å². The standard InChI is InChI=1S/C18H22BNO4/c1-6-22-16(21)14(12-20)11-13-7-9-15(10-8-13)19-23-17(2,3)18(4,5)24-19/h7-11H,6H2,1-5H3/b14-11-. The zero-order chi connectivity index (χ0) is 18.0. The summed E-state index contributed by atoms with van der Waals surface area (Å²) in [5.74, 6) is -0.616. The maximum absolute atomic E-state index is 11.6. The number of hydrogen-bond donors (Lipinski definition) is 0. The van der Waals surface area contributed by atoms with Crippen LogP contribution in [0.3, 0.4) is 0 Å². The third kappa shape index (κ3) is 3.69. The molecule has 2 rings (SSSR count). The molecular formula is C18H22BNO4. The lowest BCUT2D eigenvalue weighted by Crippen LogP contribution is -2.41. The molecule has 0 unspecified atom stereocenters. The summed E-state index contributed by atoms with van der Waals surface area (Å²) in [7, 11) is -0.437. The average molecular weight is 327 g/mol. The molecule has 0 amide bonds. The molecule has 1 saturated heterocycles. The first-order valence-electron chi connectivity index (χ1n) is 7.94. The van der Waals surface area contributed by atoms with Crippen LogP contribution in [0.5, 0.6) is 0 Å². The summed E-state index contributed by atoms with van der Waals surface area (Å²) in [5, 5.41) is 9.07. The quantitative estimate of drug-likeness (QED) is 0.368. The Balaban J connectivity index is 2.17. The van der Waals surface area contributed by atoms with Crippen molar-refractivity contribution in [1.29, 1.82) is 5.26 Å². The minimum Gasteiger partial charge on any atom is -0.462 e. The molecule has 0 aliphatic carbocycles. The monoisotopic (exact) mass is 327 g/mol. The van der Waals surface area contributed by atoms with Crippen molar-refractivity contribution in [2.45, 2.75) is 45.8 Å². The van der Waals surface area contributed by atoms with Gasteiger partial charge < -0.3 is 14.0 Å². The Morgan fingerprint density at radius 1 is 1.21 bits per heavy atom. The molecule has 1 fully saturated rings. The van der Waals surface area contributed by atoms with Gasteiger partial charge in [0, 0.05) is 0 Å². The van der Waals surface area contributed by atoms with E-state index in [1.54, 1.807) is 6.92 Å². The van der Waals surface area contributed by atoms with Crippen LogP contribution in [-0.4, -0.2) is 30.9 Å². The Bertz CT molecular complexity index is 670. The predicted molar refractivity (Wildman–Crippen MR) is 92.4 cm³/mol. The van der Waals surface area contributed by atoms with Crippen LogP contribution in [0.2, 0.25) is 0 Å². The third-order valence-corrected chi connectivity index (χ3v) is 4.39. The van der Waals surface area contributed by atoms with Gasteiger partial charge in [0.1, 0.15) is 11.6 Å². The van der Waals surface area contributed by atoms with Crippen LogP contribution >= 0.6 is 0 Å². The van der Waals surface area contributed by atoms with E-state index in [4.69, 9.17) is 19.3 Å². The molecule has 0 bridgehead atoms. The first-order chi connectivity index (χ1) is 11.2. The fourth-order valence-electron chi connectivity index (χ4n) is 2.24. The van der Waals surface area contributed by atoms with Gasteiger partial charge in [0.25, 0.3) is 0 Å². The summed E-state index contributed by atoms with van der Waals surface area (Å²) in [6, 6.07) is 9.23. The van der Waals surface area contributed by atoms with Crippen molar-refractivity contribution in [2.24, 2.45) is 0 Å². The number of carbonyl (C=O) groups excluding carboxylic acids is 1. The number of esters is 1. The van der Waals surface area contributed by atoms with E-state index < -0.39 is 24.3 Å². The Morgan fingerprint density at radius 3 is 2.21 bits per heavy atom. The normalized spacial score (nSPS) is 19.0. The molecule has 0 atom stereocenters. The minimum absolute atomic E-state index is 0.0276. The second-order valence-corrected chi connectivity index (χ2v) is 6.65. The molecule has 0 N–H and O–H groups in total. The molecule has 0 saturated carbocycles. The summed E-state index contributed by atoms with van der Waals surface area (Å²) in [4.78, 5) is 11.6. The SMILES string of the molecule is CCOC(=O)/C(C#N)=C\c1ccc(B2OC(C)(C)C(C)(C)O2)cc1. The summed E-state index contributed by atoms with van der Waals surface area (Å²) < 4.78 is 16.8. The highest BCUT2D eigenvalue weighted by molar-refractivity contribution is 6.62. The molecule has 0 aromatic heterocycles. The van der Waals surface area contributed by atoms with Crippen LogP contribution in [-0.2, 0) is 18.8 Å². The van der Waals surface area contributed by atoms with E-state index in [2.05, 4.69) is 0 Å². The maximum Gasteiger partial charge on any atom is 0.494 e. The number of benzene rings is 1. The zero-order valence-corrected chi connectivity index (χ0v) is 14.8. The summed E-state index contributed by atoms with van der Waals surface area (Å²) in [6.45, 7) is 9.95. The van der Waals surface area contributed by atoms with E-state index in [0.717, 1.165) is 11.0 Å². The number of nitrogens with zero attached hydrogens (tertiary/aromatic N) is 1. The van der Waals surface area contributed by atoms with Gasteiger partial charge >= 0.3 is 13.1 Å². The number of carbonyl (C=O) groups is 1. The number of nitriles is 1. The fourth-order valence-corrected chi connectivity index (χ4v) is 2.24. The first kappa shape index (κ1) is 18.2. The highest BCUT2D eigenvalue weighted by atomic mass is 16.7. The maximum atomic E-state index is 11.6. The highest BCUT2D eigenvalue weighted by Crippen LogP contribution is 2.36. The van der Waals surface area contributed by atoms with Gasteiger partial charge in [-0.25, -0.2) is 4.79 Å². The van der Waals surface area contributed by atoms with E-state index in [-0.39, 0.29) is 12.2 Å². The molecule has 1 aromatic carbocycles. The van der Waals surface area contributed by atoms with Crippen LogP contribution in [0, 0.1) is 11.3 Å². The van der Waals surface area contributed by atoms with Crippen molar-refractivity contribution >= 4 is 24.6 Å². The molecule has 24 heavy (non-hydrogen) atoms. The summed E-state index contributed by atoms with van der Waals surface area (Å²) in [5.41, 5.74) is 0.808. The Kier molecular flexibility index (Phi) is 5.17. The molecule has 126 valence electrons. The molecule has 1 aliphatic heterocycles. The third-order valence-electron chi connectivity index (χ3n) is 4.39. The molecule has 1 aliphatic rings. The summed E-state index contributed by atoms with van der Waals surface area (Å²) in [6.07, 6.45) is 1.51. The molecule has 1 heterocycles. The smallest absolute Gasteiger partial charge is 0.462 e. The lowest BCUT2D eigenvalue weighted by atomic mass is 9.79. The molecule has 6 heteroatoms. The second kappa shape index (κ2) is 6.80. The molecule has 0 spiro atoms. The van der Waals surface area contributed by atoms with Crippen molar-refractivity contribution < 1.29 is 18.8 Å². The van der Waals surface area contributed by atoms with Gasteiger partial charge in [-0.05, 0) is 51.7 Å². The van der Waals surface area contributed by atoms with Gasteiger partial charge in [0.05, 0.1) is 17.8 Å². The zero-order valence-electron chi connectivity index (χ0n) is 14.8. The van der Waals surface area contributed by atoms with Crippen LogP contribution in [0.4, 0.5) is 0 Å². The minimum atomic E-state index is -0.616. The Morgan fingerprint density at radius 2 is 1.75 bits per heavy atom. The summed E-state index contributed by atoms with van der Waals surface area (Å²) >= 11 is 0. The number of ether oxygens (including phenoxy) is 1. The fraction of sp³-hybridized carbons (Fsp3) is 0.444. The molecule has 0 radical (unpaired) electrons. The largest absolute Gasteiger partial charge is 0.494 e. The van der Waals surface area contributed by atoms with Gasteiger partial charge in [0.15, 0.2) is 0 Å². The lowest BCUT2D eigenvalue weighted by molar-refractivity contribution is -0.137. The topological polar surface area (TPSA) is 68.6 Å². The van der Waals surface area contributed by atoms with E-state index in [1.807, 2.05) is 58.0 Å². The number of hydrogen-bond acceptors (Lipinski definition) is 5. The Labute approximate surface area is 143 Å². The molecule has 5 nitrogen and oxygen atoms in total. The van der Waals surface area contributed by atoms with Gasteiger partial charge in [-0.3, -0.25) is 0 Å². The van der Waals surface area contributed by atoms with Crippen molar-refractivity contribution in [1.82, 2.24) is 0 Å².